The lowest BCUT2D eigenvalue weighted by Gasteiger charge is -2.40. The second-order valence-electron chi connectivity index (χ2n) is 17.1. The second kappa shape index (κ2) is 16.5. The largest absolute Gasteiger partial charge is 0.393 e. The van der Waals surface area contributed by atoms with Crippen molar-refractivity contribution in [3.63, 3.8) is 0 Å². The number of rotatable bonds is 7. The van der Waals surface area contributed by atoms with Crippen molar-refractivity contribution in [1.29, 1.82) is 0 Å². The average molecular weight is 845 g/mol. The molecular formula is C42H50F6N8S2. The maximum atomic E-state index is 12.8. The summed E-state index contributed by atoms with van der Waals surface area (Å²) < 4.78 is 76.7. The highest BCUT2D eigenvalue weighted by atomic mass is 32.1. The number of thiophene rings is 2. The first kappa shape index (κ1) is 41.1. The highest BCUT2D eigenvalue weighted by Crippen LogP contribution is 2.45. The van der Waals surface area contributed by atoms with E-state index in [0.29, 0.717) is 36.3 Å². The van der Waals surface area contributed by atoms with Gasteiger partial charge in [-0.15, -0.1) is 22.7 Å². The molecule has 0 aliphatic carbocycles. The van der Waals surface area contributed by atoms with Gasteiger partial charge in [-0.25, -0.2) is 19.9 Å². The summed E-state index contributed by atoms with van der Waals surface area (Å²) in [5, 5.41) is 1.51. The lowest BCUT2D eigenvalue weighted by atomic mass is 9.77. The molecule has 0 bridgehead atoms. The van der Waals surface area contributed by atoms with E-state index in [2.05, 4.69) is 77.6 Å². The first-order valence-electron chi connectivity index (χ1n) is 20.2. The van der Waals surface area contributed by atoms with E-state index in [1.807, 2.05) is 6.07 Å². The highest BCUT2D eigenvalue weighted by Gasteiger charge is 2.43. The fourth-order valence-corrected chi connectivity index (χ4v) is 11.5. The molecule has 312 valence electrons. The molecule has 0 radical (unpaired) electrons. The topological polar surface area (TPSA) is 64.5 Å². The van der Waals surface area contributed by atoms with Crippen LogP contribution in [0.1, 0.15) is 67.7 Å². The van der Waals surface area contributed by atoms with Crippen LogP contribution in [0.4, 0.5) is 38.0 Å². The summed E-state index contributed by atoms with van der Waals surface area (Å²) in [5.74, 6) is 1.57. The Kier molecular flexibility index (Phi) is 11.7. The Morgan fingerprint density at radius 3 is 1.55 bits per heavy atom. The average Bonchev–Trinajstić information content (AvgIpc) is 3.97. The van der Waals surface area contributed by atoms with Crippen LogP contribution in [0.5, 0.6) is 0 Å². The molecule has 8 nitrogen and oxygen atoms in total. The molecule has 0 unspecified atom stereocenters. The predicted molar refractivity (Wildman–Crippen MR) is 220 cm³/mol. The standard InChI is InChI=1S/C23H25F3N4S.C19H25F3N4S/c24-23(25,26)13-18-12-19-20(27-16-28-21(19)31-18)30-10-7-22(8-11-30)6-9-29(15-22)14-17-4-2-1-3-5-17;1-13(2)26-8-5-18(11-26)3-6-25(7-4-18)16-15-9-14(10-19(20,21)22)27-17(15)24-12-23-16/h1-5,12,16H,6-11,13-15H2;9,12-13H,3-8,10-11H2,1-2H3. The molecule has 5 aromatic rings. The van der Waals surface area contributed by atoms with Crippen LogP contribution in [0.2, 0.25) is 0 Å². The van der Waals surface area contributed by atoms with Gasteiger partial charge in [-0.1, -0.05) is 30.3 Å². The number of aromatic nitrogens is 4. The molecule has 4 saturated heterocycles. The Hall–Kier alpha value is -3.60. The molecule has 2 spiro atoms. The Balaban J connectivity index is 0.000000164. The predicted octanol–water partition coefficient (Wildman–Crippen LogP) is 9.79. The Morgan fingerprint density at radius 1 is 0.621 bits per heavy atom. The van der Waals surface area contributed by atoms with Gasteiger partial charge in [0.05, 0.1) is 23.6 Å². The van der Waals surface area contributed by atoms with Crippen LogP contribution in [0, 0.1) is 10.8 Å². The Bertz CT molecular complexity index is 2150. The summed E-state index contributed by atoms with van der Waals surface area (Å²) >= 11 is 2.24. The maximum absolute atomic E-state index is 12.8. The third kappa shape index (κ3) is 9.55. The van der Waals surface area contributed by atoms with Gasteiger partial charge < -0.3 is 14.7 Å². The summed E-state index contributed by atoms with van der Waals surface area (Å²) in [6.07, 6.45) is -0.409. The number of likely N-dealkylation sites (tertiary alicyclic amines) is 2. The summed E-state index contributed by atoms with van der Waals surface area (Å²) in [5.41, 5.74) is 2.09. The molecular weight excluding hydrogens is 795 g/mol. The molecule has 1 aromatic carbocycles. The summed E-state index contributed by atoms with van der Waals surface area (Å²) in [7, 11) is 0. The second-order valence-corrected chi connectivity index (χ2v) is 19.3. The summed E-state index contributed by atoms with van der Waals surface area (Å²) in [4.78, 5) is 28.8. The third-order valence-electron chi connectivity index (χ3n) is 12.7. The van der Waals surface area contributed by atoms with Crippen molar-refractivity contribution in [1.82, 2.24) is 29.7 Å². The smallest absolute Gasteiger partial charge is 0.356 e. The van der Waals surface area contributed by atoms with Crippen molar-refractivity contribution < 1.29 is 26.3 Å². The van der Waals surface area contributed by atoms with Gasteiger partial charge in [-0.05, 0) is 94.0 Å². The number of benzene rings is 1. The number of halogens is 6. The zero-order chi connectivity index (χ0) is 40.7. The van der Waals surface area contributed by atoms with Crippen molar-refractivity contribution in [3.8, 4) is 0 Å². The van der Waals surface area contributed by atoms with Crippen molar-refractivity contribution in [2.75, 3.05) is 62.2 Å². The van der Waals surface area contributed by atoms with Crippen molar-refractivity contribution in [2.24, 2.45) is 10.8 Å². The molecule has 4 aromatic heterocycles. The van der Waals surface area contributed by atoms with Gasteiger partial charge in [0.15, 0.2) is 0 Å². The lowest BCUT2D eigenvalue weighted by molar-refractivity contribution is -0.127. The fraction of sp³-hybridized carbons (Fsp3) is 0.571. The van der Waals surface area contributed by atoms with E-state index < -0.39 is 25.2 Å². The van der Waals surface area contributed by atoms with Crippen molar-refractivity contribution in [2.45, 2.75) is 90.2 Å². The molecule has 4 aliphatic heterocycles. The molecule has 4 fully saturated rings. The number of fused-ring (bicyclic) bond motifs is 2. The van der Waals surface area contributed by atoms with E-state index in [0.717, 1.165) is 123 Å². The number of alkyl halides is 6. The summed E-state index contributed by atoms with van der Waals surface area (Å²) in [6, 6.07) is 14.4. The monoisotopic (exact) mass is 844 g/mol. The van der Waals surface area contributed by atoms with E-state index in [1.54, 1.807) is 12.1 Å². The van der Waals surface area contributed by atoms with Crippen LogP contribution < -0.4 is 9.80 Å². The number of anilines is 2. The third-order valence-corrected chi connectivity index (χ3v) is 14.8. The van der Waals surface area contributed by atoms with Gasteiger partial charge in [-0.2, -0.15) is 26.3 Å². The SMILES string of the molecule is CC(C)N1CCC2(CCN(c3ncnc4sc(CC(F)(F)F)cc34)CC2)C1.FC(F)(F)Cc1cc2c(N3CCC4(CCN(Cc5ccccc5)C4)CC3)ncnc2s1. The molecule has 58 heavy (non-hydrogen) atoms. The highest BCUT2D eigenvalue weighted by molar-refractivity contribution is 7.19. The molecule has 0 N–H and O–H groups in total. The van der Waals surface area contributed by atoms with Gasteiger partial charge in [0.2, 0.25) is 0 Å². The number of nitrogens with zero attached hydrogens (tertiary/aromatic N) is 8. The van der Waals surface area contributed by atoms with Gasteiger partial charge in [0.1, 0.15) is 34.0 Å². The van der Waals surface area contributed by atoms with E-state index in [-0.39, 0.29) is 0 Å². The van der Waals surface area contributed by atoms with Crippen LogP contribution in [0.25, 0.3) is 20.4 Å². The zero-order valence-electron chi connectivity index (χ0n) is 33.0. The van der Waals surface area contributed by atoms with Gasteiger partial charge in [0.25, 0.3) is 0 Å². The normalized spacial score (nSPS) is 20.2. The lowest BCUT2D eigenvalue weighted by Crippen LogP contribution is -2.42. The van der Waals surface area contributed by atoms with E-state index in [1.165, 1.54) is 37.6 Å². The fourth-order valence-electron chi connectivity index (χ4n) is 9.48. The van der Waals surface area contributed by atoms with Crippen LogP contribution >= 0.6 is 22.7 Å². The van der Waals surface area contributed by atoms with E-state index in [4.69, 9.17) is 0 Å². The van der Waals surface area contributed by atoms with Crippen LogP contribution in [-0.2, 0) is 19.4 Å². The molecule has 0 saturated carbocycles. The molecule has 0 atom stereocenters. The minimum atomic E-state index is -4.21. The van der Waals surface area contributed by atoms with E-state index in [9.17, 15) is 26.3 Å². The number of hydrogen-bond donors (Lipinski definition) is 0. The molecule has 8 heterocycles. The van der Waals surface area contributed by atoms with Crippen LogP contribution in [-0.4, -0.2) is 100 Å². The van der Waals surface area contributed by atoms with Gasteiger partial charge >= 0.3 is 12.4 Å². The van der Waals surface area contributed by atoms with Crippen LogP contribution in [0.15, 0.2) is 55.1 Å². The molecule has 0 amide bonds. The van der Waals surface area contributed by atoms with Gasteiger partial charge in [-0.3, -0.25) is 4.90 Å². The minimum absolute atomic E-state index is 0.296. The Morgan fingerprint density at radius 2 is 1.09 bits per heavy atom. The number of hydrogen-bond acceptors (Lipinski definition) is 10. The molecule has 9 rings (SSSR count). The Labute approximate surface area is 343 Å². The van der Waals surface area contributed by atoms with Crippen molar-refractivity contribution in [3.05, 3.63) is 70.4 Å². The zero-order valence-corrected chi connectivity index (χ0v) is 34.6. The quantitative estimate of drug-likeness (QED) is 0.150. The first-order chi connectivity index (χ1) is 27.6. The summed E-state index contributed by atoms with van der Waals surface area (Å²) in [6.45, 7) is 13.6. The first-order valence-corrected chi connectivity index (χ1v) is 21.9. The molecule has 4 aliphatic rings. The maximum Gasteiger partial charge on any atom is 0.393 e. The number of piperidine rings is 2. The molecule has 16 heteroatoms. The van der Waals surface area contributed by atoms with Gasteiger partial charge in [0, 0.05) is 61.6 Å². The van der Waals surface area contributed by atoms with Crippen molar-refractivity contribution >= 4 is 54.7 Å². The minimum Gasteiger partial charge on any atom is -0.356 e. The van der Waals surface area contributed by atoms with E-state index >= 15 is 0 Å². The van der Waals surface area contributed by atoms with Crippen LogP contribution in [0.3, 0.4) is 0 Å².